The largest absolute Gasteiger partial charge is 0.298 e. The van der Waals surface area contributed by atoms with Crippen molar-refractivity contribution in [1.82, 2.24) is 4.98 Å². The van der Waals surface area contributed by atoms with Gasteiger partial charge < -0.3 is 0 Å². The van der Waals surface area contributed by atoms with E-state index in [2.05, 4.69) is 32.3 Å². The molecule has 0 aliphatic carbocycles. The van der Waals surface area contributed by atoms with Crippen LogP contribution in [0.2, 0.25) is 0 Å². The SMILES string of the molecule is Cc1cc(C)c2nc(NC(=O)c3cc(F)ccc3Br)sc2c1. The number of fused-ring (bicyclic) bond motifs is 1. The standard InChI is InChI=1S/C16H12BrFN2OS/c1-8-5-9(2)14-13(6-8)22-16(19-14)20-15(21)11-7-10(18)3-4-12(11)17/h3-7H,1-2H3,(H,19,20,21). The Morgan fingerprint density at radius 3 is 2.82 bits per heavy atom. The molecule has 0 saturated carbocycles. The van der Waals surface area contributed by atoms with E-state index in [0.717, 1.165) is 21.3 Å². The normalized spacial score (nSPS) is 10.9. The van der Waals surface area contributed by atoms with E-state index in [-0.39, 0.29) is 11.5 Å². The molecule has 0 unspecified atom stereocenters. The predicted octanol–water partition coefficient (Wildman–Crippen LogP) is 5.07. The van der Waals surface area contributed by atoms with Crippen LogP contribution in [-0.2, 0) is 0 Å². The Bertz CT molecular complexity index is 891. The number of amides is 1. The highest BCUT2D eigenvalue weighted by atomic mass is 79.9. The summed E-state index contributed by atoms with van der Waals surface area (Å²) in [6.45, 7) is 4.01. The summed E-state index contributed by atoms with van der Waals surface area (Å²) in [6.07, 6.45) is 0. The number of thiazole rings is 1. The third-order valence-electron chi connectivity index (χ3n) is 3.22. The molecule has 6 heteroatoms. The molecule has 3 aromatic rings. The molecule has 0 radical (unpaired) electrons. The molecule has 1 N–H and O–H groups in total. The molecule has 0 spiro atoms. The third kappa shape index (κ3) is 2.89. The van der Waals surface area contributed by atoms with E-state index < -0.39 is 5.82 Å². The van der Waals surface area contributed by atoms with E-state index in [1.807, 2.05) is 19.9 Å². The predicted molar refractivity (Wildman–Crippen MR) is 91.1 cm³/mol. The molecule has 1 amide bonds. The molecule has 0 aliphatic rings. The minimum absolute atomic E-state index is 0.243. The van der Waals surface area contributed by atoms with Crippen molar-refractivity contribution >= 4 is 48.5 Å². The van der Waals surface area contributed by atoms with Crippen molar-refractivity contribution in [1.29, 1.82) is 0 Å². The maximum atomic E-state index is 13.3. The van der Waals surface area contributed by atoms with E-state index in [1.54, 1.807) is 0 Å². The molecule has 3 nitrogen and oxygen atoms in total. The zero-order valence-corrected chi connectivity index (χ0v) is 14.3. The summed E-state index contributed by atoms with van der Waals surface area (Å²) in [6, 6.07) is 8.09. The number of aromatic nitrogens is 1. The quantitative estimate of drug-likeness (QED) is 0.676. The van der Waals surface area contributed by atoms with Crippen molar-refractivity contribution < 1.29 is 9.18 Å². The van der Waals surface area contributed by atoms with Crippen LogP contribution >= 0.6 is 27.3 Å². The van der Waals surface area contributed by atoms with Crippen LogP contribution in [0.5, 0.6) is 0 Å². The number of aryl methyl sites for hydroxylation is 2. The topological polar surface area (TPSA) is 42.0 Å². The lowest BCUT2D eigenvalue weighted by molar-refractivity contribution is 0.102. The Balaban J connectivity index is 1.94. The Morgan fingerprint density at radius 2 is 2.05 bits per heavy atom. The molecule has 0 aliphatic heterocycles. The van der Waals surface area contributed by atoms with E-state index in [1.165, 1.54) is 29.5 Å². The molecule has 0 bridgehead atoms. The lowest BCUT2D eigenvalue weighted by Crippen LogP contribution is -2.12. The van der Waals surface area contributed by atoms with Crippen molar-refractivity contribution in [3.8, 4) is 0 Å². The maximum Gasteiger partial charge on any atom is 0.258 e. The Morgan fingerprint density at radius 1 is 1.27 bits per heavy atom. The lowest BCUT2D eigenvalue weighted by atomic mass is 10.1. The zero-order valence-electron chi connectivity index (χ0n) is 11.9. The number of nitrogens with zero attached hydrogens (tertiary/aromatic N) is 1. The number of rotatable bonds is 2. The van der Waals surface area contributed by atoms with Crippen molar-refractivity contribution in [3.63, 3.8) is 0 Å². The summed E-state index contributed by atoms with van der Waals surface area (Å²) in [5.74, 6) is -0.844. The second-order valence-electron chi connectivity index (χ2n) is 5.03. The van der Waals surface area contributed by atoms with Crippen LogP contribution in [-0.4, -0.2) is 10.9 Å². The molecule has 0 atom stereocenters. The highest BCUT2D eigenvalue weighted by Gasteiger charge is 2.14. The summed E-state index contributed by atoms with van der Waals surface area (Å²) in [4.78, 5) is 16.7. The summed E-state index contributed by atoms with van der Waals surface area (Å²) < 4.78 is 14.9. The number of hydrogen-bond acceptors (Lipinski definition) is 3. The molecule has 3 rings (SSSR count). The van der Waals surface area contributed by atoms with Gasteiger partial charge in [0.05, 0.1) is 15.8 Å². The van der Waals surface area contributed by atoms with Gasteiger partial charge in [-0.2, -0.15) is 0 Å². The molecule has 1 aromatic heterocycles. The number of nitrogens with one attached hydrogen (secondary N) is 1. The van der Waals surface area contributed by atoms with Crippen LogP contribution in [0, 0.1) is 19.7 Å². The monoisotopic (exact) mass is 378 g/mol. The molecular formula is C16H12BrFN2OS. The van der Waals surface area contributed by atoms with Gasteiger partial charge in [0, 0.05) is 4.47 Å². The molecule has 0 saturated heterocycles. The van der Waals surface area contributed by atoms with Crippen molar-refractivity contribution in [2.75, 3.05) is 5.32 Å². The first-order chi connectivity index (χ1) is 10.4. The van der Waals surface area contributed by atoms with Gasteiger partial charge >= 0.3 is 0 Å². The van der Waals surface area contributed by atoms with Gasteiger partial charge in [-0.15, -0.1) is 0 Å². The number of hydrogen-bond donors (Lipinski definition) is 1. The number of anilines is 1. The van der Waals surface area contributed by atoms with E-state index >= 15 is 0 Å². The second-order valence-corrected chi connectivity index (χ2v) is 6.91. The summed E-state index contributed by atoms with van der Waals surface area (Å²) in [5.41, 5.74) is 3.34. The molecule has 2 aromatic carbocycles. The fraction of sp³-hybridized carbons (Fsp3) is 0.125. The van der Waals surface area contributed by atoms with Gasteiger partial charge in [0.15, 0.2) is 5.13 Å². The third-order valence-corrected chi connectivity index (χ3v) is 4.83. The minimum Gasteiger partial charge on any atom is -0.298 e. The fourth-order valence-electron chi connectivity index (χ4n) is 2.26. The molecular weight excluding hydrogens is 367 g/mol. The van der Waals surface area contributed by atoms with E-state index in [0.29, 0.717) is 9.60 Å². The van der Waals surface area contributed by atoms with E-state index in [9.17, 15) is 9.18 Å². The van der Waals surface area contributed by atoms with Gasteiger partial charge in [-0.1, -0.05) is 17.4 Å². The Labute approximate surface area is 139 Å². The van der Waals surface area contributed by atoms with Gasteiger partial charge in [0.25, 0.3) is 5.91 Å². The zero-order chi connectivity index (χ0) is 15.9. The highest BCUT2D eigenvalue weighted by molar-refractivity contribution is 9.10. The van der Waals surface area contributed by atoms with Gasteiger partial charge in [0.1, 0.15) is 5.82 Å². The number of halogens is 2. The van der Waals surface area contributed by atoms with Gasteiger partial charge in [0.2, 0.25) is 0 Å². The Kier molecular flexibility index (Phi) is 3.97. The van der Waals surface area contributed by atoms with Crippen LogP contribution in [0.3, 0.4) is 0 Å². The highest BCUT2D eigenvalue weighted by Crippen LogP contribution is 2.30. The van der Waals surface area contributed by atoms with Crippen LogP contribution in [0.1, 0.15) is 21.5 Å². The first-order valence-corrected chi connectivity index (χ1v) is 8.19. The fourth-order valence-corrected chi connectivity index (χ4v) is 3.72. The number of carbonyl (C=O) groups excluding carboxylic acids is 1. The lowest BCUT2D eigenvalue weighted by Gasteiger charge is -2.04. The first kappa shape index (κ1) is 15.1. The average Bonchev–Trinajstić information content (AvgIpc) is 2.84. The Hall–Kier alpha value is -1.79. The van der Waals surface area contributed by atoms with Gasteiger partial charge in [-0.3, -0.25) is 10.1 Å². The summed E-state index contributed by atoms with van der Waals surface area (Å²) >= 11 is 4.66. The van der Waals surface area contributed by atoms with Crippen molar-refractivity contribution in [2.24, 2.45) is 0 Å². The minimum atomic E-state index is -0.455. The van der Waals surface area contributed by atoms with Crippen LogP contribution in [0.15, 0.2) is 34.8 Å². The van der Waals surface area contributed by atoms with Crippen LogP contribution < -0.4 is 5.32 Å². The number of carbonyl (C=O) groups is 1. The average molecular weight is 379 g/mol. The molecule has 112 valence electrons. The maximum absolute atomic E-state index is 13.3. The van der Waals surface area contributed by atoms with E-state index in [4.69, 9.17) is 0 Å². The molecule has 1 heterocycles. The van der Waals surface area contributed by atoms with Crippen molar-refractivity contribution in [2.45, 2.75) is 13.8 Å². The number of benzene rings is 2. The van der Waals surface area contributed by atoms with Crippen LogP contribution in [0.4, 0.5) is 9.52 Å². The summed E-state index contributed by atoms with van der Waals surface area (Å²) in [7, 11) is 0. The van der Waals surface area contributed by atoms with Crippen molar-refractivity contribution in [3.05, 3.63) is 57.3 Å². The van der Waals surface area contributed by atoms with Gasteiger partial charge in [-0.05, 0) is 65.2 Å². The molecule has 0 fully saturated rings. The smallest absolute Gasteiger partial charge is 0.258 e. The molecule has 22 heavy (non-hydrogen) atoms. The first-order valence-electron chi connectivity index (χ1n) is 6.58. The second kappa shape index (κ2) is 5.78. The summed E-state index contributed by atoms with van der Waals surface area (Å²) in [5, 5.41) is 3.24. The van der Waals surface area contributed by atoms with Gasteiger partial charge in [-0.25, -0.2) is 9.37 Å². The van der Waals surface area contributed by atoms with Crippen LogP contribution in [0.25, 0.3) is 10.2 Å².